The van der Waals surface area contributed by atoms with Crippen molar-refractivity contribution in [2.24, 2.45) is 5.41 Å². The Balaban J connectivity index is 1.80. The van der Waals surface area contributed by atoms with Crippen molar-refractivity contribution in [2.75, 3.05) is 0 Å². The molecular formula is C17H24O. The van der Waals surface area contributed by atoms with E-state index in [1.54, 1.807) is 0 Å². The molecule has 1 heteroatoms. The molecule has 0 aromatic heterocycles. The highest BCUT2D eigenvalue weighted by molar-refractivity contribution is 5.31. The largest absolute Gasteiger partial charge is 0.385 e. The fourth-order valence-electron chi connectivity index (χ4n) is 4.18. The van der Waals surface area contributed by atoms with E-state index >= 15 is 0 Å². The number of rotatable bonds is 1. The second-order valence-corrected chi connectivity index (χ2v) is 6.55. The average Bonchev–Trinajstić information content (AvgIpc) is 2.83. The highest BCUT2D eigenvalue weighted by Crippen LogP contribution is 2.53. The van der Waals surface area contributed by atoms with Gasteiger partial charge in [-0.05, 0) is 62.0 Å². The Morgan fingerprint density at radius 2 is 1.50 bits per heavy atom. The van der Waals surface area contributed by atoms with Gasteiger partial charge in [0.25, 0.3) is 0 Å². The van der Waals surface area contributed by atoms with Gasteiger partial charge in [0, 0.05) is 0 Å². The van der Waals surface area contributed by atoms with E-state index in [0.717, 1.165) is 18.4 Å². The van der Waals surface area contributed by atoms with Crippen LogP contribution in [0.25, 0.3) is 0 Å². The molecule has 0 heterocycles. The van der Waals surface area contributed by atoms with Crippen LogP contribution in [0.5, 0.6) is 0 Å². The molecule has 3 rings (SSSR count). The molecule has 0 saturated heterocycles. The Labute approximate surface area is 110 Å². The minimum Gasteiger partial charge on any atom is -0.385 e. The van der Waals surface area contributed by atoms with E-state index in [0.29, 0.717) is 5.41 Å². The first kappa shape index (κ1) is 12.2. The summed E-state index contributed by atoms with van der Waals surface area (Å²) in [7, 11) is 0. The van der Waals surface area contributed by atoms with Crippen molar-refractivity contribution >= 4 is 0 Å². The van der Waals surface area contributed by atoms with E-state index in [9.17, 15) is 5.11 Å². The summed E-state index contributed by atoms with van der Waals surface area (Å²) in [4.78, 5) is 0. The summed E-state index contributed by atoms with van der Waals surface area (Å²) < 4.78 is 0. The topological polar surface area (TPSA) is 20.2 Å². The van der Waals surface area contributed by atoms with Crippen molar-refractivity contribution in [3.05, 3.63) is 35.4 Å². The van der Waals surface area contributed by atoms with E-state index in [1.807, 2.05) is 0 Å². The lowest BCUT2D eigenvalue weighted by atomic mass is 9.65. The van der Waals surface area contributed by atoms with Gasteiger partial charge in [0.05, 0.1) is 5.60 Å². The predicted molar refractivity (Wildman–Crippen MR) is 74.4 cm³/mol. The first-order valence-corrected chi connectivity index (χ1v) is 7.42. The third-order valence-corrected chi connectivity index (χ3v) is 5.45. The van der Waals surface area contributed by atoms with Crippen molar-refractivity contribution in [3.63, 3.8) is 0 Å². The van der Waals surface area contributed by atoms with E-state index < -0.39 is 5.60 Å². The first-order valence-electron chi connectivity index (χ1n) is 7.42. The van der Waals surface area contributed by atoms with Crippen LogP contribution in [0.3, 0.4) is 0 Å². The van der Waals surface area contributed by atoms with Gasteiger partial charge in [0.2, 0.25) is 0 Å². The van der Waals surface area contributed by atoms with Gasteiger partial charge in [-0.15, -0.1) is 0 Å². The van der Waals surface area contributed by atoms with Gasteiger partial charge in [-0.3, -0.25) is 0 Å². The summed E-state index contributed by atoms with van der Waals surface area (Å²) in [5.41, 5.74) is 2.44. The quantitative estimate of drug-likeness (QED) is 0.780. The zero-order valence-electron chi connectivity index (χ0n) is 11.4. The van der Waals surface area contributed by atoms with Gasteiger partial charge in [0.15, 0.2) is 0 Å². The molecule has 0 unspecified atom stereocenters. The highest BCUT2D eigenvalue weighted by atomic mass is 16.3. The summed E-state index contributed by atoms with van der Waals surface area (Å²) in [6.45, 7) is 2.12. The molecule has 2 saturated carbocycles. The molecule has 2 aliphatic carbocycles. The summed E-state index contributed by atoms with van der Waals surface area (Å²) >= 11 is 0. The average molecular weight is 244 g/mol. The standard InChI is InChI=1S/C17H24O/c1-14-6-2-3-7-15(14)17(18)12-10-16(11-13-17)8-4-5-9-16/h2-3,6-7,18H,4-5,8-13H2,1H3. The Morgan fingerprint density at radius 3 is 2.11 bits per heavy atom. The third-order valence-electron chi connectivity index (χ3n) is 5.45. The second kappa shape index (κ2) is 4.38. The lowest BCUT2D eigenvalue weighted by Gasteiger charge is -2.43. The maximum Gasteiger partial charge on any atom is 0.0899 e. The molecule has 0 atom stereocenters. The van der Waals surface area contributed by atoms with Crippen LogP contribution in [-0.2, 0) is 5.60 Å². The molecule has 0 aliphatic heterocycles. The Kier molecular flexibility index (Phi) is 2.97. The highest BCUT2D eigenvalue weighted by Gasteiger charge is 2.44. The number of hydrogen-bond donors (Lipinski definition) is 1. The fraction of sp³-hybridized carbons (Fsp3) is 0.647. The zero-order chi connectivity index (χ0) is 12.6. The van der Waals surface area contributed by atoms with Crippen LogP contribution in [0.2, 0.25) is 0 Å². The smallest absolute Gasteiger partial charge is 0.0899 e. The molecule has 0 bridgehead atoms. The van der Waals surface area contributed by atoms with E-state index in [2.05, 4.69) is 31.2 Å². The normalized spacial score (nSPS) is 25.4. The van der Waals surface area contributed by atoms with E-state index in [-0.39, 0.29) is 0 Å². The van der Waals surface area contributed by atoms with Gasteiger partial charge in [-0.25, -0.2) is 0 Å². The molecule has 0 radical (unpaired) electrons. The second-order valence-electron chi connectivity index (χ2n) is 6.55. The lowest BCUT2D eigenvalue weighted by Crippen LogP contribution is -2.36. The Bertz CT molecular complexity index is 419. The third kappa shape index (κ3) is 1.99. The number of aryl methyl sites for hydroxylation is 1. The fourth-order valence-corrected chi connectivity index (χ4v) is 4.18. The van der Waals surface area contributed by atoms with Gasteiger partial charge in [-0.2, -0.15) is 0 Å². The molecule has 2 fully saturated rings. The van der Waals surface area contributed by atoms with Crippen molar-refractivity contribution in [1.82, 2.24) is 0 Å². The predicted octanol–water partition coefficient (Wildman–Crippen LogP) is 4.32. The van der Waals surface area contributed by atoms with Gasteiger partial charge < -0.3 is 5.11 Å². The number of hydrogen-bond acceptors (Lipinski definition) is 1. The molecular weight excluding hydrogens is 220 g/mol. The van der Waals surface area contributed by atoms with Gasteiger partial charge >= 0.3 is 0 Å². The zero-order valence-corrected chi connectivity index (χ0v) is 11.4. The number of aliphatic hydroxyl groups is 1. The van der Waals surface area contributed by atoms with Crippen LogP contribution in [0.1, 0.15) is 62.5 Å². The summed E-state index contributed by atoms with van der Waals surface area (Å²) in [5.74, 6) is 0. The minimum absolute atomic E-state index is 0.556. The van der Waals surface area contributed by atoms with Crippen molar-refractivity contribution in [1.29, 1.82) is 0 Å². The molecule has 2 aliphatic rings. The molecule has 0 amide bonds. The van der Waals surface area contributed by atoms with Crippen LogP contribution in [-0.4, -0.2) is 5.11 Å². The molecule has 1 aromatic rings. The molecule has 18 heavy (non-hydrogen) atoms. The maximum atomic E-state index is 11.0. The SMILES string of the molecule is Cc1ccccc1C1(O)CCC2(CCCC2)CC1. The molecule has 1 N–H and O–H groups in total. The van der Waals surface area contributed by atoms with Crippen LogP contribution in [0.4, 0.5) is 0 Å². The van der Waals surface area contributed by atoms with Crippen molar-refractivity contribution < 1.29 is 5.11 Å². The minimum atomic E-state index is -0.556. The lowest BCUT2D eigenvalue weighted by molar-refractivity contribution is -0.0380. The molecule has 98 valence electrons. The summed E-state index contributed by atoms with van der Waals surface area (Å²) in [5, 5.41) is 11.0. The van der Waals surface area contributed by atoms with Gasteiger partial charge in [-0.1, -0.05) is 37.1 Å². The van der Waals surface area contributed by atoms with Gasteiger partial charge in [0.1, 0.15) is 0 Å². The Morgan fingerprint density at radius 1 is 0.889 bits per heavy atom. The monoisotopic (exact) mass is 244 g/mol. The Hall–Kier alpha value is -0.820. The van der Waals surface area contributed by atoms with Crippen LogP contribution < -0.4 is 0 Å². The van der Waals surface area contributed by atoms with Crippen LogP contribution >= 0.6 is 0 Å². The summed E-state index contributed by atoms with van der Waals surface area (Å²) in [6, 6.07) is 8.35. The first-order chi connectivity index (χ1) is 8.64. The molecule has 1 aromatic carbocycles. The molecule has 1 nitrogen and oxygen atoms in total. The van der Waals surface area contributed by atoms with Crippen LogP contribution in [0, 0.1) is 12.3 Å². The number of benzene rings is 1. The van der Waals surface area contributed by atoms with Crippen molar-refractivity contribution in [2.45, 2.75) is 63.9 Å². The summed E-state index contributed by atoms with van der Waals surface area (Å²) in [6.07, 6.45) is 9.96. The van der Waals surface area contributed by atoms with E-state index in [4.69, 9.17) is 0 Å². The molecule has 1 spiro atoms. The van der Waals surface area contributed by atoms with Crippen LogP contribution in [0.15, 0.2) is 24.3 Å². The maximum absolute atomic E-state index is 11.0. The van der Waals surface area contributed by atoms with E-state index in [1.165, 1.54) is 44.1 Å². The van der Waals surface area contributed by atoms with Crippen molar-refractivity contribution in [3.8, 4) is 0 Å².